The van der Waals surface area contributed by atoms with E-state index in [1.54, 1.807) is 12.1 Å². The van der Waals surface area contributed by atoms with Crippen LogP contribution in [0.5, 0.6) is 0 Å². The van der Waals surface area contributed by atoms with Crippen LogP contribution in [0.15, 0.2) is 42.5 Å². The van der Waals surface area contributed by atoms with Gasteiger partial charge in [0.15, 0.2) is 0 Å². The molecule has 5 nitrogen and oxygen atoms in total. The molecule has 2 aromatic carbocycles. The van der Waals surface area contributed by atoms with E-state index in [1.807, 2.05) is 31.2 Å². The number of rotatable bonds is 5. The summed E-state index contributed by atoms with van der Waals surface area (Å²) >= 11 is 0. The second-order valence-corrected chi connectivity index (χ2v) is 5.12. The van der Waals surface area contributed by atoms with E-state index in [0.29, 0.717) is 23.4 Å². The van der Waals surface area contributed by atoms with E-state index in [2.05, 4.69) is 5.32 Å². The van der Waals surface area contributed by atoms with Crippen LogP contribution in [-0.4, -0.2) is 26.2 Å². The fourth-order valence-electron chi connectivity index (χ4n) is 2.11. The smallest absolute Gasteiger partial charge is 0.337 e. The number of hydrogen-bond acceptors (Lipinski definition) is 5. The molecular weight excluding hydrogens is 294 g/mol. The van der Waals surface area contributed by atoms with Crippen LogP contribution in [0.1, 0.15) is 31.8 Å². The lowest BCUT2D eigenvalue weighted by atomic mass is 10.1. The van der Waals surface area contributed by atoms with Crippen LogP contribution >= 0.6 is 0 Å². The molecule has 0 aromatic heterocycles. The Hall–Kier alpha value is -2.82. The van der Waals surface area contributed by atoms with Crippen molar-refractivity contribution in [1.29, 1.82) is 0 Å². The van der Waals surface area contributed by atoms with Gasteiger partial charge >= 0.3 is 11.9 Å². The topological polar surface area (TPSA) is 64.6 Å². The van der Waals surface area contributed by atoms with E-state index in [-0.39, 0.29) is 0 Å². The van der Waals surface area contributed by atoms with E-state index < -0.39 is 11.9 Å². The molecule has 0 aliphatic carbocycles. The summed E-state index contributed by atoms with van der Waals surface area (Å²) in [6.07, 6.45) is 0. The number of carbonyl (C=O) groups excluding carboxylic acids is 2. The zero-order chi connectivity index (χ0) is 16.8. The molecule has 0 heterocycles. The van der Waals surface area contributed by atoms with Crippen molar-refractivity contribution in [2.45, 2.75) is 13.5 Å². The number of ether oxygens (including phenoxy) is 2. The summed E-state index contributed by atoms with van der Waals surface area (Å²) in [5, 5.41) is 3.20. The van der Waals surface area contributed by atoms with Crippen LogP contribution in [-0.2, 0) is 16.0 Å². The van der Waals surface area contributed by atoms with Crippen LogP contribution in [0.2, 0.25) is 0 Å². The summed E-state index contributed by atoms with van der Waals surface area (Å²) in [4.78, 5) is 23.5. The monoisotopic (exact) mass is 313 g/mol. The number of hydrogen-bond donors (Lipinski definition) is 1. The van der Waals surface area contributed by atoms with Crippen LogP contribution in [0.4, 0.5) is 5.69 Å². The van der Waals surface area contributed by atoms with Crippen molar-refractivity contribution >= 4 is 17.6 Å². The van der Waals surface area contributed by atoms with E-state index in [1.165, 1.54) is 25.8 Å². The Bertz CT molecular complexity index is 673. The third-order valence-corrected chi connectivity index (χ3v) is 3.39. The largest absolute Gasteiger partial charge is 0.465 e. The first-order valence-corrected chi connectivity index (χ1v) is 7.14. The van der Waals surface area contributed by atoms with Gasteiger partial charge in [-0.1, -0.05) is 29.8 Å². The van der Waals surface area contributed by atoms with Crippen molar-refractivity contribution < 1.29 is 19.1 Å². The minimum absolute atomic E-state index is 0.293. The van der Waals surface area contributed by atoms with Gasteiger partial charge in [0.05, 0.1) is 25.3 Å². The minimum Gasteiger partial charge on any atom is -0.465 e. The molecule has 23 heavy (non-hydrogen) atoms. The van der Waals surface area contributed by atoms with E-state index in [4.69, 9.17) is 9.47 Å². The fraction of sp³-hybridized carbons (Fsp3) is 0.222. The molecule has 0 aliphatic heterocycles. The first-order valence-electron chi connectivity index (χ1n) is 7.14. The van der Waals surface area contributed by atoms with Gasteiger partial charge in [0, 0.05) is 12.2 Å². The summed E-state index contributed by atoms with van der Waals surface area (Å²) in [5.74, 6) is -1.01. The van der Waals surface area contributed by atoms with Gasteiger partial charge in [0.1, 0.15) is 0 Å². The van der Waals surface area contributed by atoms with Gasteiger partial charge in [-0.3, -0.25) is 0 Å². The SMILES string of the molecule is COC(=O)c1cc(NCc2ccc(C)cc2)cc(C(=O)OC)c1. The quantitative estimate of drug-likeness (QED) is 0.859. The molecule has 0 amide bonds. The number of nitrogens with one attached hydrogen (secondary N) is 1. The van der Waals surface area contributed by atoms with Gasteiger partial charge < -0.3 is 14.8 Å². The van der Waals surface area contributed by atoms with E-state index in [9.17, 15) is 9.59 Å². The maximum Gasteiger partial charge on any atom is 0.337 e. The van der Waals surface area contributed by atoms with Crippen LogP contribution in [0.25, 0.3) is 0 Å². The minimum atomic E-state index is -0.505. The molecule has 2 aromatic rings. The van der Waals surface area contributed by atoms with E-state index in [0.717, 1.165) is 5.56 Å². The third-order valence-electron chi connectivity index (χ3n) is 3.39. The molecule has 0 radical (unpaired) electrons. The van der Waals surface area contributed by atoms with Gasteiger partial charge in [0.25, 0.3) is 0 Å². The Labute approximate surface area is 135 Å². The Balaban J connectivity index is 2.23. The van der Waals surface area contributed by atoms with Gasteiger partial charge in [0.2, 0.25) is 0 Å². The summed E-state index contributed by atoms with van der Waals surface area (Å²) < 4.78 is 9.43. The van der Waals surface area contributed by atoms with Crippen molar-refractivity contribution in [2.24, 2.45) is 0 Å². The molecule has 0 saturated heterocycles. The summed E-state index contributed by atoms with van der Waals surface area (Å²) in [5.41, 5.74) is 3.52. The van der Waals surface area contributed by atoms with Crippen molar-refractivity contribution in [1.82, 2.24) is 0 Å². The zero-order valence-electron chi connectivity index (χ0n) is 13.4. The zero-order valence-corrected chi connectivity index (χ0v) is 13.4. The molecule has 0 atom stereocenters. The van der Waals surface area contributed by atoms with Crippen LogP contribution in [0.3, 0.4) is 0 Å². The molecule has 2 rings (SSSR count). The first kappa shape index (κ1) is 16.5. The molecule has 0 fully saturated rings. The summed E-state index contributed by atoms with van der Waals surface area (Å²) in [6, 6.07) is 12.8. The second kappa shape index (κ2) is 7.45. The highest BCUT2D eigenvalue weighted by Gasteiger charge is 2.13. The Morgan fingerprint density at radius 1 is 0.913 bits per heavy atom. The lowest BCUT2D eigenvalue weighted by Crippen LogP contribution is -2.09. The Kier molecular flexibility index (Phi) is 5.36. The Morgan fingerprint density at radius 2 is 1.43 bits per heavy atom. The number of aryl methyl sites for hydroxylation is 1. The molecule has 0 unspecified atom stereocenters. The molecular formula is C18H19NO4. The number of anilines is 1. The molecule has 0 saturated carbocycles. The third kappa shape index (κ3) is 4.32. The first-order chi connectivity index (χ1) is 11.0. The number of methoxy groups -OCH3 is 2. The van der Waals surface area contributed by atoms with Gasteiger partial charge in [-0.25, -0.2) is 9.59 Å². The van der Waals surface area contributed by atoms with Gasteiger partial charge in [-0.2, -0.15) is 0 Å². The highest BCUT2D eigenvalue weighted by Crippen LogP contribution is 2.18. The normalized spacial score (nSPS) is 10.0. The molecule has 5 heteroatoms. The number of benzene rings is 2. The summed E-state index contributed by atoms with van der Waals surface area (Å²) in [7, 11) is 2.60. The predicted octanol–water partition coefficient (Wildman–Crippen LogP) is 3.18. The average Bonchev–Trinajstić information content (AvgIpc) is 2.59. The fourth-order valence-corrected chi connectivity index (χ4v) is 2.11. The summed E-state index contributed by atoms with van der Waals surface area (Å²) in [6.45, 7) is 2.60. The lowest BCUT2D eigenvalue weighted by molar-refractivity contribution is 0.0599. The standard InChI is InChI=1S/C18H19NO4/c1-12-4-6-13(7-5-12)11-19-16-9-14(17(20)22-2)8-15(10-16)18(21)23-3/h4-10,19H,11H2,1-3H3. The van der Waals surface area contributed by atoms with Crippen molar-refractivity contribution in [3.05, 3.63) is 64.7 Å². The van der Waals surface area contributed by atoms with E-state index >= 15 is 0 Å². The van der Waals surface area contributed by atoms with Gasteiger partial charge in [-0.15, -0.1) is 0 Å². The van der Waals surface area contributed by atoms with Crippen molar-refractivity contribution in [3.8, 4) is 0 Å². The predicted molar refractivity (Wildman–Crippen MR) is 87.6 cm³/mol. The molecule has 1 N–H and O–H groups in total. The van der Waals surface area contributed by atoms with Crippen molar-refractivity contribution in [2.75, 3.05) is 19.5 Å². The highest BCUT2D eigenvalue weighted by molar-refractivity contribution is 5.96. The molecule has 0 aliphatic rings. The average molecular weight is 313 g/mol. The maximum atomic E-state index is 11.7. The van der Waals surface area contributed by atoms with Gasteiger partial charge in [-0.05, 0) is 30.7 Å². The van der Waals surface area contributed by atoms with Crippen molar-refractivity contribution in [3.63, 3.8) is 0 Å². The molecule has 0 bridgehead atoms. The van der Waals surface area contributed by atoms with Crippen LogP contribution in [0, 0.1) is 6.92 Å². The second-order valence-electron chi connectivity index (χ2n) is 5.12. The highest BCUT2D eigenvalue weighted by atomic mass is 16.5. The lowest BCUT2D eigenvalue weighted by Gasteiger charge is -2.10. The van der Waals surface area contributed by atoms with Crippen LogP contribution < -0.4 is 5.32 Å². The maximum absolute atomic E-state index is 11.7. The molecule has 120 valence electrons. The number of carbonyl (C=O) groups is 2. The Morgan fingerprint density at radius 3 is 1.91 bits per heavy atom. The molecule has 0 spiro atoms. The number of esters is 2.